The molecule has 8 heavy (non-hydrogen) atoms. The molecule has 0 aromatic carbocycles. The molecule has 0 rings (SSSR count). The number of rotatable bonds is 2. The van der Waals surface area contributed by atoms with Crippen molar-refractivity contribution >= 4 is 6.21 Å². The second-order valence-corrected chi connectivity index (χ2v) is 1.63. The maximum atomic E-state index is 3.93. The first-order chi connectivity index (χ1) is 3.68. The molecule has 0 aromatic heterocycles. The van der Waals surface area contributed by atoms with Gasteiger partial charge in [0.1, 0.15) is 0 Å². The summed E-state index contributed by atoms with van der Waals surface area (Å²) in [6.45, 7) is 7.47. The Hall–Kier alpha value is -0.790. The summed E-state index contributed by atoms with van der Waals surface area (Å²) in [5, 5.41) is 5.66. The van der Waals surface area contributed by atoms with Gasteiger partial charge in [-0.1, -0.05) is 6.58 Å². The summed E-state index contributed by atoms with van der Waals surface area (Å²) in [6.07, 6.45) is 1.73. The van der Waals surface area contributed by atoms with Gasteiger partial charge in [0.25, 0.3) is 0 Å². The first kappa shape index (κ1) is 7.21. The molecule has 0 aliphatic heterocycles. The van der Waals surface area contributed by atoms with E-state index in [9.17, 15) is 0 Å². The van der Waals surface area contributed by atoms with Crippen LogP contribution in [0.25, 0.3) is 0 Å². The lowest BCUT2D eigenvalue weighted by molar-refractivity contribution is 0.452. The third-order valence-electron chi connectivity index (χ3n) is 0.841. The van der Waals surface area contributed by atoms with Crippen molar-refractivity contribution in [2.45, 2.75) is 13.8 Å². The molecule has 0 saturated carbocycles. The van der Waals surface area contributed by atoms with E-state index in [4.69, 9.17) is 0 Å². The van der Waals surface area contributed by atoms with Crippen LogP contribution in [0.3, 0.4) is 0 Å². The number of allylic oxidation sites excluding steroid dienone is 1. The minimum absolute atomic E-state index is 0.947. The highest BCUT2D eigenvalue weighted by molar-refractivity contribution is 5.52. The molecule has 0 aliphatic carbocycles. The first-order valence-corrected chi connectivity index (χ1v) is 2.56. The molecule has 0 amide bonds. The van der Waals surface area contributed by atoms with Crippen LogP contribution in [0.1, 0.15) is 13.8 Å². The van der Waals surface area contributed by atoms with Gasteiger partial charge in [-0.25, -0.2) is 0 Å². The van der Waals surface area contributed by atoms with E-state index in [0.29, 0.717) is 0 Å². The molecule has 0 aromatic rings. The van der Waals surface area contributed by atoms with Crippen molar-refractivity contribution in [1.82, 2.24) is 5.01 Å². The molecule has 0 unspecified atom stereocenters. The van der Waals surface area contributed by atoms with E-state index in [1.165, 1.54) is 0 Å². The number of hydrazone groups is 1. The van der Waals surface area contributed by atoms with Gasteiger partial charge >= 0.3 is 0 Å². The summed E-state index contributed by atoms with van der Waals surface area (Å²) in [6, 6.07) is 0. The van der Waals surface area contributed by atoms with Crippen LogP contribution in [0.2, 0.25) is 0 Å². The standard InChI is InChI=1S/C6H12N2/c1-5-7-8(4)6(2)3/h5H,2H2,1,3-4H3/b7-5+. The highest BCUT2D eigenvalue weighted by atomic mass is 15.4. The molecule has 0 spiro atoms. The molecular formula is C6H12N2. The third kappa shape index (κ3) is 2.39. The van der Waals surface area contributed by atoms with E-state index in [1.54, 1.807) is 11.2 Å². The van der Waals surface area contributed by atoms with Gasteiger partial charge in [0, 0.05) is 19.0 Å². The molecule has 0 radical (unpaired) electrons. The summed E-state index contributed by atoms with van der Waals surface area (Å²) in [7, 11) is 1.86. The predicted octanol–water partition coefficient (Wildman–Crippen LogP) is 1.46. The lowest BCUT2D eigenvalue weighted by atomic mass is 10.6. The van der Waals surface area contributed by atoms with Gasteiger partial charge in [-0.15, -0.1) is 0 Å². The molecule has 0 heterocycles. The van der Waals surface area contributed by atoms with Gasteiger partial charge in [-0.2, -0.15) is 5.10 Å². The van der Waals surface area contributed by atoms with E-state index in [2.05, 4.69) is 11.7 Å². The molecule has 0 fully saturated rings. The summed E-state index contributed by atoms with van der Waals surface area (Å²) in [5.41, 5.74) is 0.947. The van der Waals surface area contributed by atoms with E-state index in [0.717, 1.165) is 5.70 Å². The largest absolute Gasteiger partial charge is 0.274 e. The summed E-state index contributed by atoms with van der Waals surface area (Å²) in [4.78, 5) is 0. The van der Waals surface area contributed by atoms with Crippen LogP contribution in [0.4, 0.5) is 0 Å². The molecule has 0 N–H and O–H groups in total. The van der Waals surface area contributed by atoms with Crippen LogP contribution in [-0.4, -0.2) is 18.3 Å². The average molecular weight is 112 g/mol. The van der Waals surface area contributed by atoms with Gasteiger partial charge < -0.3 is 0 Å². The van der Waals surface area contributed by atoms with Crippen LogP contribution < -0.4 is 0 Å². The van der Waals surface area contributed by atoms with E-state index in [1.807, 2.05) is 20.9 Å². The van der Waals surface area contributed by atoms with E-state index >= 15 is 0 Å². The van der Waals surface area contributed by atoms with E-state index < -0.39 is 0 Å². The fourth-order valence-electron chi connectivity index (χ4n) is 0.272. The predicted molar refractivity (Wildman–Crippen MR) is 36.7 cm³/mol. The number of nitrogens with zero attached hydrogens (tertiary/aromatic N) is 2. The van der Waals surface area contributed by atoms with Crippen LogP contribution in [0.5, 0.6) is 0 Å². The van der Waals surface area contributed by atoms with Gasteiger partial charge in [-0.05, 0) is 13.8 Å². The van der Waals surface area contributed by atoms with Crippen molar-refractivity contribution < 1.29 is 0 Å². The Kier molecular flexibility index (Phi) is 2.92. The van der Waals surface area contributed by atoms with Gasteiger partial charge in [0.2, 0.25) is 0 Å². The summed E-state index contributed by atoms with van der Waals surface area (Å²) in [5.74, 6) is 0. The molecular weight excluding hydrogens is 100 g/mol. The van der Waals surface area contributed by atoms with Crippen LogP contribution in [0.15, 0.2) is 17.4 Å². The zero-order valence-electron chi connectivity index (χ0n) is 5.68. The number of hydrogen-bond acceptors (Lipinski definition) is 2. The second kappa shape index (κ2) is 3.24. The van der Waals surface area contributed by atoms with Crippen molar-refractivity contribution in [2.24, 2.45) is 5.10 Å². The Morgan fingerprint density at radius 3 is 2.38 bits per heavy atom. The third-order valence-corrected chi connectivity index (χ3v) is 0.841. The molecule has 46 valence electrons. The fourth-order valence-corrected chi connectivity index (χ4v) is 0.272. The van der Waals surface area contributed by atoms with Gasteiger partial charge in [-0.3, -0.25) is 5.01 Å². The van der Waals surface area contributed by atoms with E-state index in [-0.39, 0.29) is 0 Å². The van der Waals surface area contributed by atoms with Crippen LogP contribution in [0, 0.1) is 0 Å². The smallest absolute Gasteiger partial charge is 0.0299 e. The van der Waals surface area contributed by atoms with Crippen molar-refractivity contribution in [3.63, 3.8) is 0 Å². The maximum absolute atomic E-state index is 3.93. The monoisotopic (exact) mass is 112 g/mol. The topological polar surface area (TPSA) is 15.6 Å². The fraction of sp³-hybridized carbons (Fsp3) is 0.500. The van der Waals surface area contributed by atoms with Crippen LogP contribution in [-0.2, 0) is 0 Å². The Morgan fingerprint density at radius 1 is 1.75 bits per heavy atom. The molecule has 0 atom stereocenters. The zero-order valence-corrected chi connectivity index (χ0v) is 5.68. The van der Waals surface area contributed by atoms with Gasteiger partial charge in [0.15, 0.2) is 0 Å². The van der Waals surface area contributed by atoms with Crippen molar-refractivity contribution in [2.75, 3.05) is 7.05 Å². The minimum Gasteiger partial charge on any atom is -0.274 e. The minimum atomic E-state index is 0.947. The second-order valence-electron chi connectivity index (χ2n) is 1.63. The molecule has 2 nitrogen and oxygen atoms in total. The molecule has 0 aliphatic rings. The Labute approximate surface area is 50.5 Å². The SMILES string of the molecule is C=C(C)N(C)/N=C/C. The Balaban J connectivity index is 3.64. The summed E-state index contributed by atoms with van der Waals surface area (Å²) >= 11 is 0. The quantitative estimate of drug-likeness (QED) is 0.390. The highest BCUT2D eigenvalue weighted by Gasteiger charge is 1.85. The Bertz CT molecular complexity index is 105. The van der Waals surface area contributed by atoms with Crippen molar-refractivity contribution in [3.8, 4) is 0 Å². The molecule has 2 heteroatoms. The lowest BCUT2D eigenvalue weighted by Crippen LogP contribution is -2.05. The zero-order chi connectivity index (χ0) is 6.57. The van der Waals surface area contributed by atoms with Crippen molar-refractivity contribution in [3.05, 3.63) is 12.3 Å². The normalized spacial score (nSPS) is 9.88. The number of hydrogen-bond donors (Lipinski definition) is 0. The average Bonchev–Trinajstić information content (AvgIpc) is 1.67. The Morgan fingerprint density at radius 2 is 2.25 bits per heavy atom. The molecule has 0 saturated heterocycles. The summed E-state index contributed by atoms with van der Waals surface area (Å²) < 4.78 is 0. The molecule has 0 bridgehead atoms. The van der Waals surface area contributed by atoms with Gasteiger partial charge in [0.05, 0.1) is 0 Å². The van der Waals surface area contributed by atoms with Crippen molar-refractivity contribution in [1.29, 1.82) is 0 Å². The maximum Gasteiger partial charge on any atom is 0.0299 e. The lowest BCUT2D eigenvalue weighted by Gasteiger charge is -2.09. The van der Waals surface area contributed by atoms with Crippen LogP contribution >= 0.6 is 0 Å². The highest BCUT2D eigenvalue weighted by Crippen LogP contribution is 1.93. The first-order valence-electron chi connectivity index (χ1n) is 2.56.